The van der Waals surface area contributed by atoms with Crippen molar-refractivity contribution in [3.63, 3.8) is 0 Å². The van der Waals surface area contributed by atoms with E-state index in [0.29, 0.717) is 6.42 Å². The Morgan fingerprint density at radius 3 is 1.91 bits per heavy atom. The van der Waals surface area contributed by atoms with Gasteiger partial charge < -0.3 is 42.7 Å². The number of nitrogens with one attached hydrogen (secondary N) is 3. The molecule has 0 spiro atoms. The fourth-order valence-corrected chi connectivity index (χ4v) is 2.52. The lowest BCUT2D eigenvalue weighted by Gasteiger charge is -2.27. The molecule has 0 aromatic rings. The molecule has 0 fully saturated rings. The van der Waals surface area contributed by atoms with E-state index in [4.69, 9.17) is 16.6 Å². The number of carboxylic acids is 2. The van der Waals surface area contributed by atoms with Crippen LogP contribution in [0.1, 0.15) is 39.5 Å². The highest BCUT2D eigenvalue weighted by atomic mass is 16.4. The van der Waals surface area contributed by atoms with Crippen molar-refractivity contribution in [2.45, 2.75) is 63.7 Å². The second kappa shape index (κ2) is 13.9. The van der Waals surface area contributed by atoms with Crippen molar-refractivity contribution in [1.29, 1.82) is 0 Å². The predicted molar refractivity (Wildman–Crippen MR) is 109 cm³/mol. The molecule has 0 aliphatic rings. The standard InChI is InChI=1S/C18H31N5O9/c1-3-8(2)14(17(30)21-10(18(31)32)4-5-13(26)27)23-16(29)11(7-24)22-15(28)9(19)6-12(20)25/h8-11,14,24H,3-7,19H2,1-2H3,(H2,20,25)(H,21,30)(H,22,28)(H,23,29)(H,26,27)(H,31,32). The summed E-state index contributed by atoms with van der Waals surface area (Å²) >= 11 is 0. The van der Waals surface area contributed by atoms with E-state index in [1.54, 1.807) is 13.8 Å². The first kappa shape index (κ1) is 28.7. The van der Waals surface area contributed by atoms with Crippen LogP contribution in [0.3, 0.4) is 0 Å². The van der Waals surface area contributed by atoms with Gasteiger partial charge >= 0.3 is 11.9 Å². The molecule has 0 saturated heterocycles. The molecular weight excluding hydrogens is 430 g/mol. The number of amides is 4. The Kier molecular flexibility index (Phi) is 12.5. The summed E-state index contributed by atoms with van der Waals surface area (Å²) < 4.78 is 0. The molecule has 0 heterocycles. The van der Waals surface area contributed by atoms with Gasteiger partial charge in [-0.25, -0.2) is 4.79 Å². The molecular formula is C18H31N5O9. The van der Waals surface area contributed by atoms with E-state index in [1.807, 2.05) is 0 Å². The summed E-state index contributed by atoms with van der Waals surface area (Å²) in [4.78, 5) is 70.0. The van der Waals surface area contributed by atoms with Gasteiger partial charge in [0.1, 0.15) is 18.1 Å². The lowest BCUT2D eigenvalue weighted by atomic mass is 9.97. The maximum Gasteiger partial charge on any atom is 0.326 e. The molecule has 5 atom stereocenters. The first-order chi connectivity index (χ1) is 14.8. The van der Waals surface area contributed by atoms with Crippen molar-refractivity contribution in [1.82, 2.24) is 16.0 Å². The van der Waals surface area contributed by atoms with Gasteiger partial charge in [0.2, 0.25) is 23.6 Å². The smallest absolute Gasteiger partial charge is 0.326 e. The summed E-state index contributed by atoms with van der Waals surface area (Å²) in [5, 5.41) is 34.1. The van der Waals surface area contributed by atoms with Gasteiger partial charge in [-0.05, 0) is 12.3 Å². The van der Waals surface area contributed by atoms with Gasteiger partial charge in [-0.2, -0.15) is 0 Å². The maximum atomic E-state index is 12.6. The second-order valence-electron chi connectivity index (χ2n) is 7.22. The Balaban J connectivity index is 5.33. The number of carbonyl (C=O) groups excluding carboxylic acids is 4. The Morgan fingerprint density at radius 1 is 0.906 bits per heavy atom. The number of nitrogens with two attached hydrogens (primary N) is 2. The van der Waals surface area contributed by atoms with Crippen LogP contribution in [0, 0.1) is 5.92 Å². The average Bonchev–Trinajstić information content (AvgIpc) is 2.70. The van der Waals surface area contributed by atoms with Gasteiger partial charge in [0, 0.05) is 6.42 Å². The number of rotatable bonds is 15. The third-order valence-electron chi connectivity index (χ3n) is 4.63. The summed E-state index contributed by atoms with van der Waals surface area (Å²) in [5.74, 6) is -6.78. The molecule has 4 amide bonds. The average molecular weight is 461 g/mol. The molecule has 14 nitrogen and oxygen atoms in total. The molecule has 0 aromatic carbocycles. The van der Waals surface area contributed by atoms with Gasteiger partial charge in [-0.3, -0.25) is 24.0 Å². The summed E-state index contributed by atoms with van der Waals surface area (Å²) in [5.41, 5.74) is 10.4. The molecule has 0 bridgehead atoms. The van der Waals surface area contributed by atoms with Crippen LogP contribution in [-0.4, -0.2) is 81.7 Å². The van der Waals surface area contributed by atoms with Crippen LogP contribution in [0.4, 0.5) is 0 Å². The van der Waals surface area contributed by atoms with Crippen molar-refractivity contribution < 1.29 is 44.1 Å². The first-order valence-corrected chi connectivity index (χ1v) is 9.84. The summed E-state index contributed by atoms with van der Waals surface area (Å²) in [6, 6.07) is -5.61. The number of primary amides is 1. The highest BCUT2D eigenvalue weighted by molar-refractivity contribution is 5.95. The minimum Gasteiger partial charge on any atom is -0.481 e. The molecule has 32 heavy (non-hydrogen) atoms. The van der Waals surface area contributed by atoms with Crippen LogP contribution in [0.15, 0.2) is 0 Å². The maximum absolute atomic E-state index is 12.6. The van der Waals surface area contributed by atoms with E-state index in [1.165, 1.54) is 0 Å². The van der Waals surface area contributed by atoms with Crippen LogP contribution < -0.4 is 27.4 Å². The molecule has 0 aliphatic heterocycles. The van der Waals surface area contributed by atoms with Crippen LogP contribution >= 0.6 is 0 Å². The van der Waals surface area contributed by atoms with E-state index in [-0.39, 0.29) is 6.42 Å². The van der Waals surface area contributed by atoms with Crippen LogP contribution in [0.2, 0.25) is 0 Å². The third kappa shape index (κ3) is 10.2. The number of aliphatic hydroxyl groups excluding tert-OH is 1. The summed E-state index contributed by atoms with van der Waals surface area (Å²) in [6.45, 7) is 2.46. The molecule has 5 unspecified atom stereocenters. The largest absolute Gasteiger partial charge is 0.481 e. The van der Waals surface area contributed by atoms with Crippen molar-refractivity contribution in [3.05, 3.63) is 0 Å². The molecule has 0 radical (unpaired) electrons. The van der Waals surface area contributed by atoms with Crippen molar-refractivity contribution in [3.8, 4) is 0 Å². The molecule has 0 saturated carbocycles. The van der Waals surface area contributed by atoms with E-state index >= 15 is 0 Å². The topological polar surface area (TPSA) is 251 Å². The zero-order chi connectivity index (χ0) is 25.0. The number of aliphatic hydroxyl groups is 1. The third-order valence-corrected chi connectivity index (χ3v) is 4.63. The number of carboxylic acid groups (broad SMARTS) is 2. The summed E-state index contributed by atoms with van der Waals surface area (Å²) in [6.07, 6.45) is -0.965. The second-order valence-corrected chi connectivity index (χ2v) is 7.22. The van der Waals surface area contributed by atoms with Gasteiger partial charge in [0.05, 0.1) is 19.1 Å². The fourth-order valence-electron chi connectivity index (χ4n) is 2.52. The lowest BCUT2D eigenvalue weighted by molar-refractivity contribution is -0.143. The molecule has 0 rings (SSSR count). The zero-order valence-corrected chi connectivity index (χ0v) is 17.9. The van der Waals surface area contributed by atoms with Crippen LogP contribution in [-0.2, 0) is 28.8 Å². The number of hydrogen-bond donors (Lipinski definition) is 8. The van der Waals surface area contributed by atoms with Gasteiger partial charge in [0.25, 0.3) is 0 Å². The van der Waals surface area contributed by atoms with Crippen molar-refractivity contribution in [2.24, 2.45) is 17.4 Å². The molecule has 10 N–H and O–H groups in total. The minimum absolute atomic E-state index is 0.370. The summed E-state index contributed by atoms with van der Waals surface area (Å²) in [7, 11) is 0. The quantitative estimate of drug-likeness (QED) is 0.120. The van der Waals surface area contributed by atoms with Gasteiger partial charge in [-0.15, -0.1) is 0 Å². The van der Waals surface area contributed by atoms with Crippen molar-refractivity contribution >= 4 is 35.6 Å². The van der Waals surface area contributed by atoms with Crippen LogP contribution in [0.5, 0.6) is 0 Å². The van der Waals surface area contributed by atoms with Crippen molar-refractivity contribution in [2.75, 3.05) is 6.61 Å². The number of hydrogen-bond acceptors (Lipinski definition) is 8. The molecule has 0 aliphatic carbocycles. The zero-order valence-electron chi connectivity index (χ0n) is 17.9. The normalized spacial score (nSPS) is 15.4. The van der Waals surface area contributed by atoms with E-state index in [2.05, 4.69) is 16.0 Å². The number of carbonyl (C=O) groups is 6. The Labute approximate surface area is 184 Å². The highest BCUT2D eigenvalue weighted by Gasteiger charge is 2.32. The van der Waals surface area contributed by atoms with Crippen LogP contribution in [0.25, 0.3) is 0 Å². The Hall–Kier alpha value is -3.26. The Bertz CT molecular complexity index is 715. The van der Waals surface area contributed by atoms with Gasteiger partial charge in [-0.1, -0.05) is 20.3 Å². The SMILES string of the molecule is CCC(C)C(NC(=O)C(CO)NC(=O)C(N)CC(N)=O)C(=O)NC(CCC(=O)O)C(=O)O. The Morgan fingerprint density at radius 2 is 1.47 bits per heavy atom. The molecule has 14 heteroatoms. The van der Waals surface area contributed by atoms with E-state index in [0.717, 1.165) is 0 Å². The monoisotopic (exact) mass is 461 g/mol. The first-order valence-electron chi connectivity index (χ1n) is 9.84. The van der Waals surface area contributed by atoms with Gasteiger partial charge in [0.15, 0.2) is 0 Å². The van der Waals surface area contributed by atoms with E-state index in [9.17, 15) is 39.0 Å². The number of aliphatic carboxylic acids is 2. The molecule has 182 valence electrons. The highest BCUT2D eigenvalue weighted by Crippen LogP contribution is 2.10. The fraction of sp³-hybridized carbons (Fsp3) is 0.667. The molecule has 0 aromatic heterocycles. The van der Waals surface area contributed by atoms with E-state index < -0.39 is 85.1 Å². The predicted octanol–water partition coefficient (Wildman–Crippen LogP) is -3.37. The lowest BCUT2D eigenvalue weighted by Crippen LogP contribution is -2.59. The minimum atomic E-state index is -1.51.